The molecular formula is C8H11FO3Si. The first kappa shape index (κ1) is 10.3. The summed E-state index contributed by atoms with van der Waals surface area (Å²) >= 11 is 0. The Balaban J connectivity index is 2.99. The molecule has 0 saturated heterocycles. The van der Waals surface area contributed by atoms with Crippen molar-refractivity contribution in [2.24, 2.45) is 0 Å². The van der Waals surface area contributed by atoms with E-state index in [0.717, 1.165) is 0 Å². The molecule has 1 aromatic rings. The van der Waals surface area contributed by atoms with E-state index >= 15 is 0 Å². The Bertz CT molecular complexity index is 271. The van der Waals surface area contributed by atoms with E-state index in [0.29, 0.717) is 5.19 Å². The molecule has 0 spiro atoms. The van der Waals surface area contributed by atoms with Crippen LogP contribution < -0.4 is 5.19 Å². The van der Waals surface area contributed by atoms with Crippen LogP contribution in [0.5, 0.6) is 0 Å². The molecule has 0 aromatic heterocycles. The van der Waals surface area contributed by atoms with Crippen LogP contribution in [0.3, 0.4) is 0 Å². The van der Waals surface area contributed by atoms with Crippen molar-refractivity contribution in [3.8, 4) is 0 Å². The molecule has 0 amide bonds. The van der Waals surface area contributed by atoms with Gasteiger partial charge in [-0.1, -0.05) is 12.1 Å². The quantitative estimate of drug-likeness (QED) is 0.714. The van der Waals surface area contributed by atoms with E-state index < -0.39 is 8.80 Å². The Morgan fingerprint density at radius 3 is 2.00 bits per heavy atom. The highest BCUT2D eigenvalue weighted by Gasteiger charge is 2.37. The summed E-state index contributed by atoms with van der Waals surface area (Å²) in [7, 11) is -0.543. The molecule has 0 radical (unpaired) electrons. The molecule has 3 nitrogen and oxygen atoms in total. The van der Waals surface area contributed by atoms with E-state index in [1.54, 1.807) is 0 Å². The fourth-order valence-corrected chi connectivity index (χ4v) is 2.21. The molecule has 1 N–H and O–H groups in total. The lowest BCUT2D eigenvalue weighted by Crippen LogP contribution is -2.52. The highest BCUT2D eigenvalue weighted by Crippen LogP contribution is 2.02. The van der Waals surface area contributed by atoms with Crippen LogP contribution >= 0.6 is 0 Å². The van der Waals surface area contributed by atoms with Crippen LogP contribution in [0.1, 0.15) is 0 Å². The van der Waals surface area contributed by atoms with Gasteiger partial charge in [0, 0.05) is 19.4 Å². The summed E-state index contributed by atoms with van der Waals surface area (Å²) in [4.78, 5) is 9.76. The van der Waals surface area contributed by atoms with Crippen LogP contribution in [0.15, 0.2) is 24.3 Å². The van der Waals surface area contributed by atoms with E-state index in [1.165, 1.54) is 38.5 Å². The normalized spacial score (nSPS) is 11.7. The van der Waals surface area contributed by atoms with Gasteiger partial charge in [-0.15, -0.1) is 0 Å². The fourth-order valence-electron chi connectivity index (χ4n) is 0.980. The van der Waals surface area contributed by atoms with Crippen molar-refractivity contribution in [2.75, 3.05) is 14.2 Å². The number of rotatable bonds is 3. The van der Waals surface area contributed by atoms with Crippen LogP contribution in [0, 0.1) is 5.82 Å². The molecule has 0 aliphatic rings. The highest BCUT2D eigenvalue weighted by molar-refractivity contribution is 6.74. The minimum atomic E-state index is -3.26. The van der Waals surface area contributed by atoms with Crippen LogP contribution in [-0.4, -0.2) is 27.8 Å². The van der Waals surface area contributed by atoms with Crippen molar-refractivity contribution < 1.29 is 18.0 Å². The summed E-state index contributed by atoms with van der Waals surface area (Å²) < 4.78 is 22.3. The topological polar surface area (TPSA) is 38.7 Å². The monoisotopic (exact) mass is 202 g/mol. The van der Waals surface area contributed by atoms with Crippen molar-refractivity contribution in [3.05, 3.63) is 30.1 Å². The zero-order valence-electron chi connectivity index (χ0n) is 7.45. The molecule has 0 aliphatic heterocycles. The molecule has 0 bridgehead atoms. The number of benzene rings is 1. The minimum absolute atomic E-state index is 0.354. The summed E-state index contributed by atoms with van der Waals surface area (Å²) in [5, 5.41) is 0.485. The van der Waals surface area contributed by atoms with E-state index in [9.17, 15) is 9.19 Å². The zero-order chi connectivity index (χ0) is 9.90. The summed E-state index contributed by atoms with van der Waals surface area (Å²) in [6.45, 7) is 0. The highest BCUT2D eigenvalue weighted by atomic mass is 28.4. The van der Waals surface area contributed by atoms with Crippen LogP contribution in [0.2, 0.25) is 0 Å². The summed E-state index contributed by atoms with van der Waals surface area (Å²) in [5.74, 6) is -0.354. The second kappa shape index (κ2) is 3.97. The maximum Gasteiger partial charge on any atom is 0.533 e. The van der Waals surface area contributed by atoms with Crippen molar-refractivity contribution in [1.82, 2.24) is 0 Å². The largest absolute Gasteiger partial charge is 0.533 e. The van der Waals surface area contributed by atoms with Crippen molar-refractivity contribution in [1.29, 1.82) is 0 Å². The fraction of sp³-hybridized carbons (Fsp3) is 0.250. The van der Waals surface area contributed by atoms with Gasteiger partial charge >= 0.3 is 8.80 Å². The maximum absolute atomic E-state index is 12.5. The molecule has 1 rings (SSSR count). The van der Waals surface area contributed by atoms with Crippen molar-refractivity contribution in [3.63, 3.8) is 0 Å². The Kier molecular flexibility index (Phi) is 3.15. The standard InChI is InChI=1S/C8H11FO3Si/c1-11-13(10,12-2)8-5-3-7(9)4-6-8/h3-6,10H,1-2H3. The molecule has 72 valence electrons. The van der Waals surface area contributed by atoms with Crippen molar-refractivity contribution >= 4 is 14.0 Å². The third kappa shape index (κ3) is 2.13. The Morgan fingerprint density at radius 1 is 1.15 bits per heavy atom. The molecule has 0 aliphatic carbocycles. The van der Waals surface area contributed by atoms with Gasteiger partial charge in [0.15, 0.2) is 0 Å². The molecule has 0 fully saturated rings. The number of hydrogen-bond donors (Lipinski definition) is 1. The summed E-state index contributed by atoms with van der Waals surface area (Å²) in [6.07, 6.45) is 0. The predicted octanol–water partition coefficient (Wildman–Crippen LogP) is 0.257. The van der Waals surface area contributed by atoms with Crippen molar-refractivity contribution in [2.45, 2.75) is 0 Å². The molecule has 0 saturated carbocycles. The van der Waals surface area contributed by atoms with Crippen LogP contribution in [0.25, 0.3) is 0 Å². The molecule has 0 heterocycles. The SMILES string of the molecule is CO[Si](O)(OC)c1ccc(F)cc1. The summed E-state index contributed by atoms with van der Waals surface area (Å²) in [5.41, 5.74) is 0. The van der Waals surface area contributed by atoms with E-state index in [1.807, 2.05) is 0 Å². The van der Waals surface area contributed by atoms with Gasteiger partial charge < -0.3 is 13.6 Å². The molecule has 5 heteroatoms. The first-order valence-corrected chi connectivity index (χ1v) is 5.47. The average molecular weight is 202 g/mol. The van der Waals surface area contributed by atoms with Gasteiger partial charge in [0.25, 0.3) is 0 Å². The van der Waals surface area contributed by atoms with E-state index in [4.69, 9.17) is 8.85 Å². The maximum atomic E-state index is 12.5. The lowest BCUT2D eigenvalue weighted by Gasteiger charge is -2.19. The third-order valence-electron chi connectivity index (χ3n) is 1.76. The second-order valence-electron chi connectivity index (χ2n) is 2.50. The van der Waals surface area contributed by atoms with E-state index in [2.05, 4.69) is 0 Å². The van der Waals surface area contributed by atoms with Gasteiger partial charge in [-0.25, -0.2) is 4.39 Å². The van der Waals surface area contributed by atoms with Gasteiger partial charge in [0.1, 0.15) is 5.82 Å². The second-order valence-corrected chi connectivity index (χ2v) is 5.05. The smallest absolute Gasteiger partial charge is 0.386 e. The molecule has 0 unspecified atom stereocenters. The first-order chi connectivity index (χ1) is 6.12. The summed E-state index contributed by atoms with van der Waals surface area (Å²) in [6, 6.07) is 5.42. The first-order valence-electron chi connectivity index (χ1n) is 3.71. The lowest BCUT2D eigenvalue weighted by atomic mass is 10.3. The molecular weight excluding hydrogens is 191 g/mol. The Labute approximate surface area is 77.1 Å². The van der Waals surface area contributed by atoms with Gasteiger partial charge in [0.2, 0.25) is 0 Å². The van der Waals surface area contributed by atoms with Gasteiger partial charge in [-0.3, -0.25) is 0 Å². The van der Waals surface area contributed by atoms with Gasteiger partial charge in [-0.2, -0.15) is 0 Å². The number of halogens is 1. The Hall–Kier alpha value is -0.753. The Morgan fingerprint density at radius 2 is 1.62 bits per heavy atom. The molecule has 0 atom stereocenters. The molecule has 13 heavy (non-hydrogen) atoms. The van der Waals surface area contributed by atoms with Gasteiger partial charge in [-0.05, 0) is 12.1 Å². The average Bonchev–Trinajstić information content (AvgIpc) is 2.18. The lowest BCUT2D eigenvalue weighted by molar-refractivity contribution is 0.169. The molecule has 1 aromatic carbocycles. The van der Waals surface area contributed by atoms with E-state index in [-0.39, 0.29) is 5.82 Å². The number of hydrogen-bond acceptors (Lipinski definition) is 3. The predicted molar refractivity (Wildman–Crippen MR) is 48.0 cm³/mol. The minimum Gasteiger partial charge on any atom is -0.386 e. The van der Waals surface area contributed by atoms with Gasteiger partial charge in [0.05, 0.1) is 0 Å². The van der Waals surface area contributed by atoms with Crippen LogP contribution in [-0.2, 0) is 8.85 Å². The van der Waals surface area contributed by atoms with Crippen LogP contribution in [0.4, 0.5) is 4.39 Å². The zero-order valence-corrected chi connectivity index (χ0v) is 8.45. The third-order valence-corrected chi connectivity index (χ3v) is 3.93.